The number of para-hydroxylation sites is 1. The number of nitrogens with zero attached hydrogens (tertiary/aromatic N) is 1. The summed E-state index contributed by atoms with van der Waals surface area (Å²) in [5.41, 5.74) is -1.93. The maximum absolute atomic E-state index is 13.1. The van der Waals surface area contributed by atoms with E-state index in [0.29, 0.717) is 5.75 Å². The van der Waals surface area contributed by atoms with Crippen LogP contribution in [0.4, 0.5) is 13.2 Å². The molecule has 1 atom stereocenters. The van der Waals surface area contributed by atoms with E-state index in [9.17, 15) is 18.0 Å². The van der Waals surface area contributed by atoms with Crippen LogP contribution < -0.4 is 4.74 Å². The standard InChI is InChI=1S/C14H16F3NO3/c1-21-11-5-3-2-4-10(11)8-18-7-6-13(9-18,12(19)20)14(15,16)17/h2-5H,6-9H2,1H3,(H,19,20). The van der Waals surface area contributed by atoms with Gasteiger partial charge < -0.3 is 9.84 Å². The number of hydrogen-bond acceptors (Lipinski definition) is 3. The minimum atomic E-state index is -4.76. The molecule has 0 saturated carbocycles. The summed E-state index contributed by atoms with van der Waals surface area (Å²) < 4.78 is 44.4. The molecule has 1 unspecified atom stereocenters. The Kier molecular flexibility index (Phi) is 4.13. The molecule has 1 saturated heterocycles. The zero-order valence-electron chi connectivity index (χ0n) is 11.5. The molecule has 0 aromatic heterocycles. The number of methoxy groups -OCH3 is 1. The van der Waals surface area contributed by atoms with E-state index in [1.165, 1.54) is 12.0 Å². The van der Waals surface area contributed by atoms with E-state index in [4.69, 9.17) is 9.84 Å². The molecule has 0 amide bonds. The summed E-state index contributed by atoms with van der Waals surface area (Å²) in [5, 5.41) is 9.01. The maximum atomic E-state index is 13.1. The van der Waals surface area contributed by atoms with Crippen molar-refractivity contribution < 1.29 is 27.8 Å². The number of aliphatic carboxylic acids is 1. The Balaban J connectivity index is 2.17. The SMILES string of the molecule is COc1ccccc1CN1CCC(C(=O)O)(C(F)(F)F)C1. The number of carboxylic acid groups (broad SMARTS) is 1. The van der Waals surface area contributed by atoms with Crippen LogP contribution in [0.2, 0.25) is 0 Å². The van der Waals surface area contributed by atoms with Gasteiger partial charge in [-0.2, -0.15) is 13.2 Å². The summed E-state index contributed by atoms with van der Waals surface area (Å²) in [5.74, 6) is -1.23. The minimum Gasteiger partial charge on any atom is -0.496 e. The van der Waals surface area contributed by atoms with E-state index in [1.54, 1.807) is 24.3 Å². The molecular weight excluding hydrogens is 287 g/mol. The van der Waals surface area contributed by atoms with Gasteiger partial charge in [0.15, 0.2) is 5.41 Å². The van der Waals surface area contributed by atoms with Crippen LogP contribution in [0.25, 0.3) is 0 Å². The van der Waals surface area contributed by atoms with Gasteiger partial charge in [-0.3, -0.25) is 9.69 Å². The highest BCUT2D eigenvalue weighted by Crippen LogP contribution is 2.46. The molecule has 1 fully saturated rings. The van der Waals surface area contributed by atoms with Crippen molar-refractivity contribution in [2.24, 2.45) is 5.41 Å². The highest BCUT2D eigenvalue weighted by Gasteiger charge is 2.63. The van der Waals surface area contributed by atoms with Gasteiger partial charge in [0.1, 0.15) is 5.75 Å². The average Bonchev–Trinajstić information content (AvgIpc) is 2.84. The molecule has 1 N–H and O–H groups in total. The number of carbonyl (C=O) groups is 1. The van der Waals surface area contributed by atoms with Crippen molar-refractivity contribution in [3.63, 3.8) is 0 Å². The number of alkyl halides is 3. The van der Waals surface area contributed by atoms with Gasteiger partial charge >= 0.3 is 12.1 Å². The van der Waals surface area contributed by atoms with Gasteiger partial charge in [-0.1, -0.05) is 18.2 Å². The predicted molar refractivity (Wildman–Crippen MR) is 69.0 cm³/mol. The summed E-state index contributed by atoms with van der Waals surface area (Å²) in [4.78, 5) is 12.6. The first-order chi connectivity index (χ1) is 9.80. The van der Waals surface area contributed by atoms with E-state index in [1.807, 2.05) is 0 Å². The third-order valence-electron chi connectivity index (χ3n) is 3.89. The lowest BCUT2D eigenvalue weighted by Crippen LogP contribution is -2.47. The lowest BCUT2D eigenvalue weighted by Gasteiger charge is -2.27. The van der Waals surface area contributed by atoms with E-state index in [2.05, 4.69) is 0 Å². The molecule has 0 aliphatic carbocycles. The molecule has 116 valence electrons. The largest absolute Gasteiger partial charge is 0.496 e. The number of halogens is 3. The molecule has 7 heteroatoms. The van der Waals surface area contributed by atoms with Gasteiger partial charge in [0.25, 0.3) is 0 Å². The van der Waals surface area contributed by atoms with E-state index in [0.717, 1.165) is 5.56 Å². The van der Waals surface area contributed by atoms with Crippen molar-refractivity contribution in [3.05, 3.63) is 29.8 Å². The van der Waals surface area contributed by atoms with Gasteiger partial charge in [-0.05, 0) is 12.5 Å². The van der Waals surface area contributed by atoms with Crippen LogP contribution in [-0.2, 0) is 11.3 Å². The second-order valence-corrected chi connectivity index (χ2v) is 5.16. The van der Waals surface area contributed by atoms with Crippen LogP contribution in [0.15, 0.2) is 24.3 Å². The van der Waals surface area contributed by atoms with Crippen LogP contribution in [0.5, 0.6) is 5.75 Å². The fraction of sp³-hybridized carbons (Fsp3) is 0.500. The zero-order valence-corrected chi connectivity index (χ0v) is 11.5. The Morgan fingerprint density at radius 3 is 2.62 bits per heavy atom. The van der Waals surface area contributed by atoms with Crippen LogP contribution in [-0.4, -0.2) is 42.4 Å². The first-order valence-corrected chi connectivity index (χ1v) is 6.44. The Bertz CT molecular complexity index is 532. The van der Waals surface area contributed by atoms with E-state index < -0.39 is 30.5 Å². The van der Waals surface area contributed by atoms with E-state index in [-0.39, 0.29) is 13.1 Å². The lowest BCUT2D eigenvalue weighted by molar-refractivity contribution is -0.227. The summed E-state index contributed by atoms with van der Waals surface area (Å²) in [6.07, 6.45) is -5.19. The number of ether oxygens (including phenoxy) is 1. The monoisotopic (exact) mass is 303 g/mol. The third-order valence-corrected chi connectivity index (χ3v) is 3.89. The number of rotatable bonds is 4. The van der Waals surface area contributed by atoms with Gasteiger partial charge in [0, 0.05) is 25.2 Å². The molecule has 1 aliphatic rings. The van der Waals surface area contributed by atoms with Gasteiger partial charge in [0.05, 0.1) is 7.11 Å². The van der Waals surface area contributed by atoms with Crippen molar-refractivity contribution in [2.75, 3.05) is 20.2 Å². The first kappa shape index (κ1) is 15.6. The molecule has 1 heterocycles. The van der Waals surface area contributed by atoms with Crippen molar-refractivity contribution in [3.8, 4) is 5.75 Å². The van der Waals surface area contributed by atoms with Gasteiger partial charge in [-0.15, -0.1) is 0 Å². The first-order valence-electron chi connectivity index (χ1n) is 6.44. The van der Waals surface area contributed by atoms with Gasteiger partial charge in [-0.25, -0.2) is 0 Å². The molecule has 4 nitrogen and oxygen atoms in total. The van der Waals surface area contributed by atoms with Crippen molar-refractivity contribution in [2.45, 2.75) is 19.1 Å². The van der Waals surface area contributed by atoms with E-state index >= 15 is 0 Å². The number of benzene rings is 1. The minimum absolute atomic E-state index is 0.0872. The van der Waals surface area contributed by atoms with Crippen molar-refractivity contribution in [1.82, 2.24) is 4.90 Å². The Morgan fingerprint density at radius 1 is 1.43 bits per heavy atom. The normalized spacial score (nSPS) is 23.2. The summed E-state index contributed by atoms with van der Waals surface area (Å²) in [6.45, 7) is -0.219. The molecule has 2 rings (SSSR count). The van der Waals surface area contributed by atoms with Crippen LogP contribution >= 0.6 is 0 Å². The molecule has 1 aromatic carbocycles. The summed E-state index contributed by atoms with van der Waals surface area (Å²) in [7, 11) is 1.49. The third kappa shape index (κ3) is 2.83. The topological polar surface area (TPSA) is 49.8 Å². The van der Waals surface area contributed by atoms with Crippen molar-refractivity contribution in [1.29, 1.82) is 0 Å². The molecule has 21 heavy (non-hydrogen) atoms. The number of hydrogen-bond donors (Lipinski definition) is 1. The molecular formula is C14H16F3NO3. The molecule has 1 aromatic rings. The number of carboxylic acids is 1. The Labute approximate surface area is 120 Å². The summed E-state index contributed by atoms with van der Waals surface area (Å²) in [6, 6.07) is 7.01. The molecule has 0 radical (unpaired) electrons. The Hall–Kier alpha value is -1.76. The fourth-order valence-corrected chi connectivity index (χ4v) is 2.63. The fourth-order valence-electron chi connectivity index (χ4n) is 2.63. The molecule has 0 spiro atoms. The van der Waals surface area contributed by atoms with Crippen LogP contribution in [0, 0.1) is 5.41 Å². The molecule has 1 aliphatic heterocycles. The zero-order chi connectivity index (χ0) is 15.7. The maximum Gasteiger partial charge on any atom is 0.406 e. The second-order valence-electron chi connectivity index (χ2n) is 5.16. The highest BCUT2D eigenvalue weighted by molar-refractivity contribution is 5.76. The highest BCUT2D eigenvalue weighted by atomic mass is 19.4. The van der Waals surface area contributed by atoms with Crippen molar-refractivity contribution >= 4 is 5.97 Å². The smallest absolute Gasteiger partial charge is 0.406 e. The molecule has 0 bridgehead atoms. The van der Waals surface area contributed by atoms with Gasteiger partial charge in [0.2, 0.25) is 0 Å². The quantitative estimate of drug-likeness (QED) is 0.928. The van der Waals surface area contributed by atoms with Crippen LogP contribution in [0.1, 0.15) is 12.0 Å². The summed E-state index contributed by atoms with van der Waals surface area (Å²) >= 11 is 0. The Morgan fingerprint density at radius 2 is 2.10 bits per heavy atom. The number of likely N-dealkylation sites (tertiary alicyclic amines) is 1. The average molecular weight is 303 g/mol. The lowest BCUT2D eigenvalue weighted by atomic mass is 9.86. The second kappa shape index (κ2) is 5.55. The van der Waals surface area contributed by atoms with Crippen LogP contribution in [0.3, 0.4) is 0 Å². The predicted octanol–water partition coefficient (Wildman–Crippen LogP) is 2.53.